The largest absolute Gasteiger partial charge is 0.484 e. The van der Waals surface area contributed by atoms with Gasteiger partial charge in [0.15, 0.2) is 11.9 Å². The van der Waals surface area contributed by atoms with Crippen LogP contribution in [0, 0.1) is 5.41 Å². The number of pyridine rings is 1. The molecule has 1 N–H and O–H groups in total. The minimum atomic E-state index is -3.80. The predicted octanol–water partition coefficient (Wildman–Crippen LogP) is 1.35. The maximum atomic E-state index is 13.3. The SMILES string of the molecule is O=C([C@@H](O)c1cccc(N2CCC3(CC2)COC3)c1)N1CC2=C(C1)CN(S(=O)(=O)c1cnc3c(c1)OCCO3)C2. The lowest BCUT2D eigenvalue weighted by atomic mass is 9.77. The van der Waals surface area contributed by atoms with Crippen molar-refractivity contribution in [2.45, 2.75) is 23.8 Å². The van der Waals surface area contributed by atoms with Crippen LogP contribution >= 0.6 is 0 Å². The second kappa shape index (κ2) is 9.72. The lowest BCUT2D eigenvalue weighted by Crippen LogP contribution is -2.50. The van der Waals surface area contributed by atoms with E-state index in [1.54, 1.807) is 11.0 Å². The fourth-order valence-electron chi connectivity index (χ4n) is 6.20. The number of ether oxygens (including phenoxy) is 3. The first-order chi connectivity index (χ1) is 19.3. The number of fused-ring (bicyclic) bond motifs is 1. The van der Waals surface area contributed by atoms with Crippen LogP contribution in [0.1, 0.15) is 24.5 Å². The minimum absolute atomic E-state index is 0.0473. The Kier molecular flexibility index (Phi) is 6.26. The maximum absolute atomic E-state index is 13.3. The Morgan fingerprint density at radius 3 is 2.42 bits per heavy atom. The first-order valence-electron chi connectivity index (χ1n) is 13.7. The van der Waals surface area contributed by atoms with E-state index in [9.17, 15) is 18.3 Å². The third-order valence-electron chi connectivity index (χ3n) is 8.75. The monoisotopic (exact) mass is 568 g/mol. The number of nitrogens with zero attached hydrogens (tertiary/aromatic N) is 4. The van der Waals surface area contributed by atoms with Crippen LogP contribution in [0.5, 0.6) is 11.6 Å². The van der Waals surface area contributed by atoms with Gasteiger partial charge < -0.3 is 29.1 Å². The fourth-order valence-corrected chi connectivity index (χ4v) is 7.59. The van der Waals surface area contributed by atoms with Gasteiger partial charge >= 0.3 is 0 Å². The summed E-state index contributed by atoms with van der Waals surface area (Å²) in [5, 5.41) is 11.0. The second-order valence-corrected chi connectivity index (χ2v) is 13.3. The normalized spacial score (nSPS) is 22.8. The van der Waals surface area contributed by atoms with E-state index in [4.69, 9.17) is 14.2 Å². The molecule has 0 bridgehead atoms. The molecule has 0 radical (unpaired) electrons. The highest BCUT2D eigenvalue weighted by molar-refractivity contribution is 7.89. The van der Waals surface area contributed by atoms with Gasteiger partial charge in [-0.25, -0.2) is 13.4 Å². The van der Waals surface area contributed by atoms with E-state index in [1.165, 1.54) is 16.6 Å². The van der Waals surface area contributed by atoms with Gasteiger partial charge in [-0.15, -0.1) is 0 Å². The van der Waals surface area contributed by atoms with Gasteiger partial charge in [0.05, 0.1) is 19.4 Å². The first kappa shape index (κ1) is 25.8. The van der Waals surface area contributed by atoms with E-state index in [1.807, 2.05) is 18.2 Å². The van der Waals surface area contributed by atoms with Crippen LogP contribution in [-0.2, 0) is 19.6 Å². The molecule has 6 heterocycles. The number of carbonyl (C=O) groups is 1. The molecule has 7 rings (SSSR count). The van der Waals surface area contributed by atoms with Crippen molar-refractivity contribution in [2.75, 3.05) is 70.6 Å². The molecular formula is C28H32N4O7S. The first-order valence-corrected chi connectivity index (χ1v) is 15.1. The lowest BCUT2D eigenvalue weighted by molar-refractivity contribution is -0.139. The smallest absolute Gasteiger partial charge is 0.257 e. The number of aliphatic hydroxyl groups excluding tert-OH is 1. The Hall–Kier alpha value is -3.19. The van der Waals surface area contributed by atoms with Gasteiger partial charge in [-0.3, -0.25) is 4.79 Å². The molecule has 11 nitrogen and oxygen atoms in total. The zero-order chi connectivity index (χ0) is 27.5. The molecule has 0 unspecified atom stereocenters. The molecular weight excluding hydrogens is 536 g/mol. The van der Waals surface area contributed by atoms with Crippen molar-refractivity contribution in [2.24, 2.45) is 5.41 Å². The highest BCUT2D eigenvalue weighted by atomic mass is 32.2. The Morgan fingerprint density at radius 1 is 1.00 bits per heavy atom. The summed E-state index contributed by atoms with van der Waals surface area (Å²) in [5.41, 5.74) is 3.70. The number of sulfonamides is 1. The third-order valence-corrected chi connectivity index (χ3v) is 10.5. The Balaban J connectivity index is 0.979. The van der Waals surface area contributed by atoms with Crippen LogP contribution in [0.4, 0.5) is 5.69 Å². The number of anilines is 1. The number of rotatable bonds is 5. The lowest BCUT2D eigenvalue weighted by Gasteiger charge is -2.47. The van der Waals surface area contributed by atoms with E-state index in [2.05, 4.69) is 9.88 Å². The van der Waals surface area contributed by atoms with Crippen molar-refractivity contribution in [3.8, 4) is 11.6 Å². The highest BCUT2D eigenvalue weighted by Crippen LogP contribution is 2.40. The molecule has 1 spiro atoms. The summed E-state index contributed by atoms with van der Waals surface area (Å²) in [6, 6.07) is 9.04. The van der Waals surface area contributed by atoms with Crippen LogP contribution in [0.3, 0.4) is 0 Å². The molecule has 1 atom stereocenters. The molecule has 1 aromatic carbocycles. The Labute approximate surface area is 233 Å². The molecule has 40 heavy (non-hydrogen) atoms. The predicted molar refractivity (Wildman–Crippen MR) is 144 cm³/mol. The van der Waals surface area contributed by atoms with Gasteiger partial charge in [0.1, 0.15) is 18.1 Å². The number of amides is 1. The molecule has 5 aliphatic heterocycles. The fraction of sp³-hybridized carbons (Fsp3) is 0.500. The molecule has 2 saturated heterocycles. The van der Waals surface area contributed by atoms with Gasteiger partial charge in [-0.1, -0.05) is 12.1 Å². The van der Waals surface area contributed by atoms with Crippen molar-refractivity contribution in [3.05, 3.63) is 53.2 Å². The second-order valence-electron chi connectivity index (χ2n) is 11.3. The summed E-state index contributed by atoms with van der Waals surface area (Å²) in [6.45, 7) is 5.27. The number of hydrogen-bond donors (Lipinski definition) is 1. The molecule has 2 aromatic rings. The summed E-state index contributed by atoms with van der Waals surface area (Å²) in [5.74, 6) is 0.235. The molecule has 1 aromatic heterocycles. The topological polar surface area (TPSA) is 122 Å². The van der Waals surface area contributed by atoms with Gasteiger partial charge in [0.25, 0.3) is 11.8 Å². The van der Waals surface area contributed by atoms with Crippen molar-refractivity contribution in [3.63, 3.8) is 0 Å². The van der Waals surface area contributed by atoms with E-state index in [0.717, 1.165) is 56.0 Å². The van der Waals surface area contributed by atoms with E-state index in [0.29, 0.717) is 48.9 Å². The van der Waals surface area contributed by atoms with Gasteiger partial charge in [-0.05, 0) is 41.7 Å². The zero-order valence-corrected chi connectivity index (χ0v) is 22.9. The van der Waals surface area contributed by atoms with Crippen molar-refractivity contribution >= 4 is 21.6 Å². The van der Waals surface area contributed by atoms with Crippen molar-refractivity contribution in [1.82, 2.24) is 14.2 Å². The van der Waals surface area contributed by atoms with Crippen LogP contribution in [0.25, 0.3) is 0 Å². The third kappa shape index (κ3) is 4.43. The summed E-state index contributed by atoms with van der Waals surface area (Å²) in [4.78, 5) is 21.4. The average Bonchev–Trinajstić information content (AvgIpc) is 3.56. The highest BCUT2D eigenvalue weighted by Gasteiger charge is 2.42. The quantitative estimate of drug-likeness (QED) is 0.533. The molecule has 2 fully saturated rings. The summed E-state index contributed by atoms with van der Waals surface area (Å²) < 4.78 is 44.3. The number of piperidine rings is 1. The van der Waals surface area contributed by atoms with E-state index in [-0.39, 0.29) is 23.9 Å². The van der Waals surface area contributed by atoms with E-state index < -0.39 is 16.1 Å². The van der Waals surface area contributed by atoms with Crippen molar-refractivity contribution < 1.29 is 32.5 Å². The summed E-state index contributed by atoms with van der Waals surface area (Å²) in [6.07, 6.45) is 2.18. The van der Waals surface area contributed by atoms with Crippen LogP contribution in [0.15, 0.2) is 52.6 Å². The van der Waals surface area contributed by atoms with Crippen molar-refractivity contribution in [1.29, 1.82) is 0 Å². The molecule has 0 aliphatic carbocycles. The number of hydrogen-bond acceptors (Lipinski definition) is 9. The molecule has 1 amide bonds. The summed E-state index contributed by atoms with van der Waals surface area (Å²) >= 11 is 0. The number of benzene rings is 1. The number of aliphatic hydroxyl groups is 1. The number of aromatic nitrogens is 1. The summed E-state index contributed by atoms with van der Waals surface area (Å²) in [7, 11) is -3.80. The zero-order valence-electron chi connectivity index (χ0n) is 22.1. The molecule has 0 saturated carbocycles. The van der Waals surface area contributed by atoms with E-state index >= 15 is 0 Å². The standard InChI is InChI=1S/C28H32N4O7S/c33-25(19-2-1-3-22(10-19)30-6-4-28(5-7-30)17-37-18-28)27(34)31-13-20-15-32(16-21(20)14-31)40(35,36)23-11-24-26(29-12-23)39-9-8-38-24/h1-3,10-12,25,33H,4-9,13-18H2/t25-/m0/s1. The van der Waals surface area contributed by atoms with Crippen LogP contribution in [-0.4, -0.2) is 99.3 Å². The molecule has 212 valence electrons. The average molecular weight is 569 g/mol. The maximum Gasteiger partial charge on any atom is 0.257 e. The molecule has 12 heteroatoms. The van der Waals surface area contributed by atoms with Gasteiger partial charge in [0, 0.05) is 56.4 Å². The van der Waals surface area contributed by atoms with Gasteiger partial charge in [0.2, 0.25) is 10.0 Å². The Bertz CT molecular complexity index is 1460. The van der Waals surface area contributed by atoms with Crippen LogP contribution in [0.2, 0.25) is 0 Å². The minimum Gasteiger partial charge on any atom is -0.484 e. The van der Waals surface area contributed by atoms with Crippen LogP contribution < -0.4 is 14.4 Å². The Morgan fingerprint density at radius 2 is 1.73 bits per heavy atom. The number of carbonyl (C=O) groups excluding carboxylic acids is 1. The molecule has 5 aliphatic rings. The van der Waals surface area contributed by atoms with Gasteiger partial charge in [-0.2, -0.15) is 4.31 Å².